The van der Waals surface area contributed by atoms with Crippen molar-refractivity contribution >= 4 is 23.9 Å². The summed E-state index contributed by atoms with van der Waals surface area (Å²) in [5.41, 5.74) is 3.65. The van der Waals surface area contributed by atoms with Gasteiger partial charge in [0.15, 0.2) is 0 Å². The van der Waals surface area contributed by atoms with Crippen LogP contribution in [0.3, 0.4) is 0 Å². The van der Waals surface area contributed by atoms with E-state index < -0.39 is 17.8 Å². The van der Waals surface area contributed by atoms with Crippen LogP contribution in [0.25, 0.3) is 11.8 Å². The van der Waals surface area contributed by atoms with E-state index in [2.05, 4.69) is 11.4 Å². The molecule has 4 rings (SSSR count). The maximum Gasteiger partial charge on any atom is 0.331 e. The van der Waals surface area contributed by atoms with E-state index in [0.717, 1.165) is 22.0 Å². The molecular formula is C23H18N4O4. The molecule has 0 bridgehead atoms. The van der Waals surface area contributed by atoms with Crippen LogP contribution in [0.15, 0.2) is 58.7 Å². The number of benzene rings is 1. The highest BCUT2D eigenvalue weighted by molar-refractivity contribution is 6.31. The molecule has 0 spiro atoms. The molecule has 1 aromatic carbocycles. The van der Waals surface area contributed by atoms with Crippen LogP contribution in [-0.4, -0.2) is 27.3 Å². The Hall–Kier alpha value is -4.38. The number of amides is 4. The van der Waals surface area contributed by atoms with Crippen LogP contribution in [0.2, 0.25) is 0 Å². The number of nitriles is 1. The fraction of sp³-hybridized carbons (Fsp3) is 0.130. The van der Waals surface area contributed by atoms with Gasteiger partial charge in [-0.2, -0.15) is 5.26 Å². The third-order valence-electron chi connectivity index (χ3n) is 5.10. The van der Waals surface area contributed by atoms with E-state index in [4.69, 9.17) is 9.68 Å². The Labute approximate surface area is 178 Å². The predicted molar refractivity (Wildman–Crippen MR) is 111 cm³/mol. The molecule has 1 aliphatic rings. The van der Waals surface area contributed by atoms with E-state index in [-0.39, 0.29) is 12.1 Å². The number of carbonyl (C=O) groups is 3. The number of aromatic nitrogens is 1. The Morgan fingerprint density at radius 3 is 2.52 bits per heavy atom. The number of rotatable bonds is 4. The highest BCUT2D eigenvalue weighted by Gasteiger charge is 2.36. The lowest BCUT2D eigenvalue weighted by Gasteiger charge is -2.25. The average molecular weight is 414 g/mol. The predicted octanol–water partition coefficient (Wildman–Crippen LogP) is 3.22. The number of nitrogens with zero attached hydrogens (tertiary/aromatic N) is 3. The summed E-state index contributed by atoms with van der Waals surface area (Å²) in [6.45, 7) is 3.70. The molecule has 3 heterocycles. The Balaban J connectivity index is 1.70. The summed E-state index contributed by atoms with van der Waals surface area (Å²) in [4.78, 5) is 38.4. The molecule has 8 nitrogen and oxygen atoms in total. The molecule has 0 aliphatic carbocycles. The molecule has 1 fully saturated rings. The molecule has 154 valence electrons. The van der Waals surface area contributed by atoms with Gasteiger partial charge in [-0.05, 0) is 68.0 Å². The summed E-state index contributed by atoms with van der Waals surface area (Å²) in [6, 6.07) is 13.6. The highest BCUT2D eigenvalue weighted by Crippen LogP contribution is 2.25. The summed E-state index contributed by atoms with van der Waals surface area (Å²) >= 11 is 0. The van der Waals surface area contributed by atoms with Crippen LogP contribution in [0.1, 0.15) is 28.3 Å². The normalized spacial score (nSPS) is 15.3. The van der Waals surface area contributed by atoms with Gasteiger partial charge >= 0.3 is 6.03 Å². The lowest BCUT2D eigenvalue weighted by molar-refractivity contribution is -0.130. The molecule has 1 N–H and O–H groups in total. The first-order chi connectivity index (χ1) is 14.9. The van der Waals surface area contributed by atoms with E-state index in [1.165, 1.54) is 12.3 Å². The average Bonchev–Trinajstić information content (AvgIpc) is 3.36. The topological polar surface area (TPSA) is 108 Å². The Kier molecular flexibility index (Phi) is 5.01. The maximum absolute atomic E-state index is 12.9. The van der Waals surface area contributed by atoms with E-state index in [1.807, 2.05) is 36.6 Å². The van der Waals surface area contributed by atoms with Crippen LogP contribution in [0.4, 0.5) is 4.79 Å². The van der Waals surface area contributed by atoms with E-state index >= 15 is 0 Å². The zero-order valence-electron chi connectivity index (χ0n) is 16.9. The SMILES string of the molecule is Cc1cc(/C=C2\C(=O)NC(=O)N(Cc3ccco3)C2=O)c(C)n1-c1ccc(C#N)cc1. The van der Waals surface area contributed by atoms with Gasteiger partial charge in [0.2, 0.25) is 0 Å². The molecule has 2 aromatic heterocycles. The van der Waals surface area contributed by atoms with Gasteiger partial charge in [-0.25, -0.2) is 4.79 Å². The number of hydrogen-bond donors (Lipinski definition) is 1. The summed E-state index contributed by atoms with van der Waals surface area (Å²) < 4.78 is 7.18. The number of hydrogen-bond acceptors (Lipinski definition) is 5. The van der Waals surface area contributed by atoms with Crippen molar-refractivity contribution in [1.82, 2.24) is 14.8 Å². The van der Waals surface area contributed by atoms with Crippen molar-refractivity contribution in [2.24, 2.45) is 0 Å². The van der Waals surface area contributed by atoms with Crippen molar-refractivity contribution in [3.63, 3.8) is 0 Å². The first-order valence-corrected chi connectivity index (χ1v) is 9.50. The molecule has 0 saturated carbocycles. The number of carbonyl (C=O) groups excluding carboxylic acids is 3. The van der Waals surface area contributed by atoms with Crippen molar-refractivity contribution < 1.29 is 18.8 Å². The molecule has 3 aromatic rings. The van der Waals surface area contributed by atoms with Gasteiger partial charge in [0.25, 0.3) is 11.8 Å². The molecule has 4 amide bonds. The maximum atomic E-state index is 12.9. The van der Waals surface area contributed by atoms with Gasteiger partial charge in [0, 0.05) is 17.1 Å². The van der Waals surface area contributed by atoms with E-state index in [9.17, 15) is 14.4 Å². The first-order valence-electron chi connectivity index (χ1n) is 9.50. The zero-order chi connectivity index (χ0) is 22.1. The molecule has 1 saturated heterocycles. The highest BCUT2D eigenvalue weighted by atomic mass is 16.3. The van der Waals surface area contributed by atoms with Gasteiger partial charge in [0.05, 0.1) is 24.4 Å². The molecule has 31 heavy (non-hydrogen) atoms. The smallest absolute Gasteiger partial charge is 0.331 e. The van der Waals surface area contributed by atoms with Crippen molar-refractivity contribution in [1.29, 1.82) is 5.26 Å². The lowest BCUT2D eigenvalue weighted by Crippen LogP contribution is -2.53. The van der Waals surface area contributed by atoms with Crippen LogP contribution >= 0.6 is 0 Å². The second-order valence-corrected chi connectivity index (χ2v) is 7.11. The molecule has 0 unspecified atom stereocenters. The second kappa shape index (κ2) is 7.80. The van der Waals surface area contributed by atoms with Crippen LogP contribution < -0.4 is 5.32 Å². The minimum Gasteiger partial charge on any atom is -0.467 e. The third-order valence-corrected chi connectivity index (χ3v) is 5.10. The Morgan fingerprint density at radius 1 is 1.13 bits per heavy atom. The second-order valence-electron chi connectivity index (χ2n) is 7.11. The lowest BCUT2D eigenvalue weighted by atomic mass is 10.1. The van der Waals surface area contributed by atoms with Crippen molar-refractivity contribution in [3.05, 3.63) is 82.6 Å². The van der Waals surface area contributed by atoms with Gasteiger partial charge < -0.3 is 8.98 Å². The minimum absolute atomic E-state index is 0.0768. The van der Waals surface area contributed by atoms with Gasteiger partial charge in [0.1, 0.15) is 11.3 Å². The number of nitrogens with one attached hydrogen (secondary N) is 1. The zero-order valence-corrected chi connectivity index (χ0v) is 16.9. The van der Waals surface area contributed by atoms with Crippen LogP contribution in [0.5, 0.6) is 0 Å². The van der Waals surface area contributed by atoms with E-state index in [0.29, 0.717) is 16.9 Å². The van der Waals surface area contributed by atoms with Crippen molar-refractivity contribution in [2.45, 2.75) is 20.4 Å². The monoisotopic (exact) mass is 414 g/mol. The third kappa shape index (κ3) is 3.65. The molecule has 1 aliphatic heterocycles. The van der Waals surface area contributed by atoms with E-state index in [1.54, 1.807) is 24.3 Å². The number of imide groups is 2. The Morgan fingerprint density at radius 2 is 1.87 bits per heavy atom. The summed E-state index contributed by atoms with van der Waals surface area (Å²) in [5.74, 6) is -1.00. The van der Waals surface area contributed by atoms with Crippen molar-refractivity contribution in [3.8, 4) is 11.8 Å². The standard InChI is InChI=1S/C23H18N4O4/c1-14-10-17(15(2)27(14)18-7-5-16(12-24)6-8-18)11-20-21(28)25-23(30)26(22(20)29)13-19-4-3-9-31-19/h3-11H,13H2,1-2H3,(H,25,28,30)/b20-11+. The molecular weight excluding hydrogens is 396 g/mol. The van der Waals surface area contributed by atoms with Gasteiger partial charge in [-0.3, -0.25) is 19.8 Å². The largest absolute Gasteiger partial charge is 0.467 e. The van der Waals surface area contributed by atoms with Crippen LogP contribution in [-0.2, 0) is 16.1 Å². The molecule has 0 radical (unpaired) electrons. The quantitative estimate of drug-likeness (QED) is 0.521. The fourth-order valence-electron chi connectivity index (χ4n) is 3.57. The first kappa shape index (κ1) is 19.9. The summed E-state index contributed by atoms with van der Waals surface area (Å²) in [6.07, 6.45) is 2.93. The van der Waals surface area contributed by atoms with Gasteiger partial charge in [-0.1, -0.05) is 0 Å². The number of barbiturate groups is 1. The van der Waals surface area contributed by atoms with Gasteiger partial charge in [-0.15, -0.1) is 0 Å². The number of furan rings is 1. The van der Waals surface area contributed by atoms with Crippen LogP contribution in [0, 0.1) is 25.2 Å². The Bertz CT molecular complexity index is 1260. The number of urea groups is 1. The summed E-state index contributed by atoms with van der Waals surface area (Å²) in [5, 5.41) is 11.2. The number of aryl methyl sites for hydroxylation is 1. The fourth-order valence-corrected chi connectivity index (χ4v) is 3.57. The minimum atomic E-state index is -0.786. The molecule has 0 atom stereocenters. The van der Waals surface area contributed by atoms with Crippen molar-refractivity contribution in [2.75, 3.05) is 0 Å². The summed E-state index contributed by atoms with van der Waals surface area (Å²) in [7, 11) is 0. The molecule has 8 heteroatoms.